The van der Waals surface area contributed by atoms with Crippen molar-refractivity contribution in [2.24, 2.45) is 0 Å². The quantitative estimate of drug-likeness (QED) is 0.858. The lowest BCUT2D eigenvalue weighted by Gasteiger charge is -2.09. The van der Waals surface area contributed by atoms with E-state index in [1.807, 2.05) is 0 Å². The van der Waals surface area contributed by atoms with Gasteiger partial charge < -0.3 is 4.74 Å². The summed E-state index contributed by atoms with van der Waals surface area (Å²) >= 11 is 1.31. The molecule has 4 nitrogen and oxygen atoms in total. The number of hydrogen-bond acceptors (Lipinski definition) is 4. The molecule has 1 saturated carbocycles. The predicted molar refractivity (Wildman–Crippen MR) is 88.1 cm³/mol. The fourth-order valence-corrected chi connectivity index (χ4v) is 3.56. The molecule has 0 aliphatic heterocycles. The van der Waals surface area contributed by atoms with E-state index in [1.54, 1.807) is 6.20 Å². The summed E-state index contributed by atoms with van der Waals surface area (Å²) in [4.78, 5) is 16.8. The largest absolute Gasteiger partial charge is 0.368 e. The van der Waals surface area contributed by atoms with Crippen molar-refractivity contribution in [1.29, 1.82) is 0 Å². The third-order valence-corrected chi connectivity index (χ3v) is 4.83. The van der Waals surface area contributed by atoms with Crippen molar-refractivity contribution < 1.29 is 18.3 Å². The number of nitrogens with one attached hydrogen (secondary N) is 1. The molecule has 0 unspecified atom stereocenters. The highest BCUT2D eigenvalue weighted by Gasteiger charge is 2.17. The van der Waals surface area contributed by atoms with Crippen molar-refractivity contribution in [2.45, 2.75) is 38.2 Å². The molecule has 1 N–H and O–H groups in total. The lowest BCUT2D eigenvalue weighted by Crippen LogP contribution is -2.21. The number of ether oxygens (including phenoxy) is 1. The Balaban J connectivity index is 1.51. The molecule has 0 saturated heterocycles. The predicted octanol–water partition coefficient (Wildman–Crippen LogP) is 3.91. The van der Waals surface area contributed by atoms with Gasteiger partial charge in [0.15, 0.2) is 16.8 Å². The van der Waals surface area contributed by atoms with Gasteiger partial charge in [-0.25, -0.2) is 13.8 Å². The summed E-state index contributed by atoms with van der Waals surface area (Å²) in [6, 6.07) is 3.81. The summed E-state index contributed by atoms with van der Waals surface area (Å²) in [6.45, 7) is 0.0305. The van der Waals surface area contributed by atoms with Gasteiger partial charge in [-0.3, -0.25) is 10.1 Å². The highest BCUT2D eigenvalue weighted by Crippen LogP contribution is 2.23. The van der Waals surface area contributed by atoms with Gasteiger partial charge in [0, 0.05) is 17.5 Å². The molecular formula is C17H18F2N2O2S. The minimum Gasteiger partial charge on any atom is -0.368 e. The Kier molecular flexibility index (Phi) is 5.52. The molecular weight excluding hydrogens is 334 g/mol. The Bertz CT molecular complexity index is 714. The van der Waals surface area contributed by atoms with Crippen LogP contribution in [0.2, 0.25) is 0 Å². The van der Waals surface area contributed by atoms with E-state index in [2.05, 4.69) is 10.3 Å². The van der Waals surface area contributed by atoms with E-state index < -0.39 is 11.6 Å². The van der Waals surface area contributed by atoms with E-state index in [9.17, 15) is 13.6 Å². The van der Waals surface area contributed by atoms with Gasteiger partial charge >= 0.3 is 0 Å². The first kappa shape index (κ1) is 17.0. The van der Waals surface area contributed by atoms with Crippen LogP contribution in [0, 0.1) is 11.6 Å². The Morgan fingerprint density at radius 3 is 2.83 bits per heavy atom. The van der Waals surface area contributed by atoms with Crippen LogP contribution in [0.3, 0.4) is 0 Å². The zero-order valence-electron chi connectivity index (χ0n) is 13.1. The second-order valence-electron chi connectivity index (χ2n) is 5.82. The van der Waals surface area contributed by atoms with Gasteiger partial charge in [-0.15, -0.1) is 11.3 Å². The normalized spacial score (nSPS) is 14.9. The second-order valence-corrected chi connectivity index (χ2v) is 6.94. The molecule has 1 aliphatic carbocycles. The zero-order chi connectivity index (χ0) is 16.9. The first-order chi connectivity index (χ1) is 11.6. The van der Waals surface area contributed by atoms with Crippen LogP contribution >= 0.6 is 11.3 Å². The lowest BCUT2D eigenvalue weighted by atomic mass is 10.1. The molecule has 1 aromatic heterocycles. The Labute approximate surface area is 142 Å². The number of rotatable bonds is 6. The van der Waals surface area contributed by atoms with E-state index in [0.29, 0.717) is 17.1 Å². The molecule has 1 amide bonds. The number of carbonyl (C=O) groups excluding carboxylic acids is 1. The molecule has 0 atom stereocenters. The number of thiazole rings is 1. The SMILES string of the molecule is O=C(COC1CCCC1)Nc1ncc(Cc2ccc(F)c(F)c2)s1. The summed E-state index contributed by atoms with van der Waals surface area (Å²) in [5.74, 6) is -1.96. The summed E-state index contributed by atoms with van der Waals surface area (Å²) in [7, 11) is 0. The van der Waals surface area contributed by atoms with Crippen LogP contribution in [0.15, 0.2) is 24.4 Å². The van der Waals surface area contributed by atoms with Crippen molar-refractivity contribution in [3.63, 3.8) is 0 Å². The molecule has 1 aromatic carbocycles. The molecule has 0 spiro atoms. The number of benzene rings is 1. The third kappa shape index (κ3) is 4.58. The Hall–Kier alpha value is -1.86. The van der Waals surface area contributed by atoms with Gasteiger partial charge in [-0.1, -0.05) is 18.9 Å². The second kappa shape index (κ2) is 7.81. The average Bonchev–Trinajstić information content (AvgIpc) is 3.21. The van der Waals surface area contributed by atoms with Crippen LogP contribution < -0.4 is 5.32 Å². The van der Waals surface area contributed by atoms with Crippen LogP contribution in [0.5, 0.6) is 0 Å². The zero-order valence-corrected chi connectivity index (χ0v) is 13.9. The molecule has 0 radical (unpaired) electrons. The molecule has 1 heterocycles. The number of amides is 1. The van der Waals surface area contributed by atoms with Gasteiger partial charge in [-0.2, -0.15) is 0 Å². The minimum absolute atomic E-state index is 0.0305. The van der Waals surface area contributed by atoms with Gasteiger partial charge in [0.2, 0.25) is 0 Å². The topological polar surface area (TPSA) is 51.2 Å². The lowest BCUT2D eigenvalue weighted by molar-refractivity contribution is -0.122. The van der Waals surface area contributed by atoms with E-state index >= 15 is 0 Å². The van der Waals surface area contributed by atoms with Crippen molar-refractivity contribution in [2.75, 3.05) is 11.9 Å². The molecule has 7 heteroatoms. The Morgan fingerprint density at radius 2 is 2.08 bits per heavy atom. The molecule has 0 bridgehead atoms. The van der Waals surface area contributed by atoms with Crippen LogP contribution in [0.4, 0.5) is 13.9 Å². The molecule has 24 heavy (non-hydrogen) atoms. The summed E-state index contributed by atoms with van der Waals surface area (Å²) < 4.78 is 31.7. The van der Waals surface area contributed by atoms with Crippen LogP contribution in [-0.2, 0) is 16.0 Å². The number of aromatic nitrogens is 1. The van der Waals surface area contributed by atoms with E-state index in [4.69, 9.17) is 4.74 Å². The minimum atomic E-state index is -0.866. The maximum Gasteiger partial charge on any atom is 0.252 e. The molecule has 1 fully saturated rings. The average molecular weight is 352 g/mol. The van der Waals surface area contributed by atoms with Crippen LogP contribution in [-0.4, -0.2) is 23.6 Å². The molecule has 3 rings (SSSR count). The fourth-order valence-electron chi connectivity index (χ4n) is 2.70. The molecule has 1 aliphatic rings. The van der Waals surface area contributed by atoms with Crippen LogP contribution in [0.25, 0.3) is 0 Å². The first-order valence-corrected chi connectivity index (χ1v) is 8.72. The first-order valence-electron chi connectivity index (χ1n) is 7.90. The fraction of sp³-hybridized carbons (Fsp3) is 0.412. The van der Waals surface area contributed by atoms with E-state index in [-0.39, 0.29) is 18.6 Å². The summed E-state index contributed by atoms with van der Waals surface area (Å²) in [5, 5.41) is 3.18. The molecule has 128 valence electrons. The summed E-state index contributed by atoms with van der Waals surface area (Å²) in [5.41, 5.74) is 0.653. The number of anilines is 1. The molecule has 2 aromatic rings. The number of nitrogens with zero attached hydrogens (tertiary/aromatic N) is 1. The maximum absolute atomic E-state index is 13.2. The highest BCUT2D eigenvalue weighted by molar-refractivity contribution is 7.15. The van der Waals surface area contributed by atoms with E-state index in [1.165, 1.54) is 23.5 Å². The number of halogens is 2. The standard InChI is InChI=1S/C17H18F2N2O2S/c18-14-6-5-11(8-15(14)19)7-13-9-20-17(24-13)21-16(22)10-23-12-3-1-2-4-12/h5-6,8-9,12H,1-4,7,10H2,(H,20,21,22). The number of hydrogen-bond donors (Lipinski definition) is 1. The van der Waals surface area contributed by atoms with Gasteiger partial charge in [0.25, 0.3) is 5.91 Å². The Morgan fingerprint density at radius 1 is 1.29 bits per heavy atom. The van der Waals surface area contributed by atoms with Crippen molar-refractivity contribution in [3.05, 3.63) is 46.5 Å². The highest BCUT2D eigenvalue weighted by atomic mass is 32.1. The van der Waals surface area contributed by atoms with Crippen molar-refractivity contribution in [1.82, 2.24) is 4.98 Å². The smallest absolute Gasteiger partial charge is 0.252 e. The number of carbonyl (C=O) groups is 1. The third-order valence-electron chi connectivity index (χ3n) is 3.91. The van der Waals surface area contributed by atoms with Crippen molar-refractivity contribution >= 4 is 22.4 Å². The van der Waals surface area contributed by atoms with Crippen molar-refractivity contribution in [3.8, 4) is 0 Å². The van der Waals surface area contributed by atoms with Gasteiger partial charge in [-0.05, 0) is 30.5 Å². The van der Waals surface area contributed by atoms with Crippen LogP contribution in [0.1, 0.15) is 36.1 Å². The summed E-state index contributed by atoms with van der Waals surface area (Å²) in [6.07, 6.45) is 6.60. The van der Waals surface area contributed by atoms with Gasteiger partial charge in [0.05, 0.1) is 6.10 Å². The van der Waals surface area contributed by atoms with E-state index in [0.717, 1.165) is 36.6 Å². The maximum atomic E-state index is 13.2. The monoisotopic (exact) mass is 352 g/mol. The van der Waals surface area contributed by atoms with Gasteiger partial charge in [0.1, 0.15) is 6.61 Å².